The van der Waals surface area contributed by atoms with E-state index in [0.717, 1.165) is 25.8 Å². The monoisotopic (exact) mass is 362 g/mol. The Hall–Kier alpha value is -2.84. The van der Waals surface area contributed by atoms with E-state index >= 15 is 0 Å². The van der Waals surface area contributed by atoms with Gasteiger partial charge in [0, 0.05) is 45.4 Å². The molecule has 2 aliphatic heterocycles. The van der Waals surface area contributed by atoms with Crippen LogP contribution >= 0.6 is 0 Å². The average molecular weight is 362 g/mol. The molecule has 3 amide bonds. The lowest BCUT2D eigenvalue weighted by Crippen LogP contribution is -2.57. The summed E-state index contributed by atoms with van der Waals surface area (Å²) in [6.07, 6.45) is 2.08. The van der Waals surface area contributed by atoms with E-state index in [9.17, 15) is 19.7 Å². The molecule has 26 heavy (non-hydrogen) atoms. The molecule has 2 fully saturated rings. The van der Waals surface area contributed by atoms with Crippen molar-refractivity contribution in [1.29, 1.82) is 0 Å². The van der Waals surface area contributed by atoms with Crippen molar-refractivity contribution < 1.29 is 19.2 Å². The quantitative estimate of drug-likeness (QED) is 0.607. The van der Waals surface area contributed by atoms with Crippen molar-refractivity contribution in [1.82, 2.24) is 14.7 Å². The van der Waals surface area contributed by atoms with Crippen LogP contribution in [0.3, 0.4) is 0 Å². The third-order valence-corrected chi connectivity index (χ3v) is 4.81. The number of hydrogen-bond acceptors (Lipinski definition) is 5. The van der Waals surface area contributed by atoms with E-state index in [2.05, 4.69) is 0 Å². The number of likely N-dealkylation sites (tertiary alicyclic amines) is 1. The molecule has 1 unspecified atom stereocenters. The highest BCUT2D eigenvalue weighted by atomic mass is 16.6. The fourth-order valence-electron chi connectivity index (χ4n) is 3.40. The van der Waals surface area contributed by atoms with Crippen LogP contribution in [0.2, 0.25) is 0 Å². The topological polar surface area (TPSA) is 96.2 Å². The summed E-state index contributed by atoms with van der Waals surface area (Å²) >= 11 is 0. The normalized spacial score (nSPS) is 20.9. The van der Waals surface area contributed by atoms with E-state index in [1.807, 2.05) is 4.90 Å². The van der Waals surface area contributed by atoms with E-state index in [1.54, 1.807) is 16.8 Å². The minimum atomic E-state index is -0.506. The number of hydrogen-bond donors (Lipinski definition) is 0. The van der Waals surface area contributed by atoms with Crippen LogP contribution in [-0.4, -0.2) is 71.0 Å². The van der Waals surface area contributed by atoms with E-state index in [-0.39, 0.29) is 23.5 Å². The zero-order chi connectivity index (χ0) is 18.7. The van der Waals surface area contributed by atoms with Crippen LogP contribution in [-0.2, 0) is 0 Å². The van der Waals surface area contributed by atoms with Crippen LogP contribution < -0.4 is 4.74 Å². The van der Waals surface area contributed by atoms with Crippen LogP contribution in [0.15, 0.2) is 24.3 Å². The molecule has 1 aromatic carbocycles. The molecule has 0 spiro atoms. The summed E-state index contributed by atoms with van der Waals surface area (Å²) in [5, 5.41) is 10.7. The summed E-state index contributed by atoms with van der Waals surface area (Å²) in [5.41, 5.74) is -0.0597. The molecule has 140 valence electrons. The Balaban J connectivity index is 1.60. The molecule has 2 heterocycles. The number of nitro groups is 1. The Morgan fingerprint density at radius 1 is 1.19 bits per heavy atom. The predicted molar refractivity (Wildman–Crippen MR) is 93.1 cm³/mol. The van der Waals surface area contributed by atoms with Crippen LogP contribution in [0.1, 0.15) is 19.3 Å². The fraction of sp³-hybridized carbons (Fsp3) is 0.529. The number of urea groups is 1. The van der Waals surface area contributed by atoms with Crippen molar-refractivity contribution in [3.8, 4) is 5.75 Å². The lowest BCUT2D eigenvalue weighted by molar-refractivity contribution is -0.384. The van der Waals surface area contributed by atoms with Gasteiger partial charge in [-0.2, -0.15) is 0 Å². The van der Waals surface area contributed by atoms with Gasteiger partial charge in [0.05, 0.1) is 11.0 Å². The molecule has 0 radical (unpaired) electrons. The Labute approximate surface area is 151 Å². The largest absolute Gasteiger partial charge is 0.415 e. The zero-order valence-electron chi connectivity index (χ0n) is 14.7. The summed E-state index contributed by atoms with van der Waals surface area (Å²) in [6.45, 7) is 2.47. The number of carbonyl (C=O) groups excluding carboxylic acids is 2. The smallest absolute Gasteiger partial charge is 0.410 e. The molecule has 1 atom stereocenters. The summed E-state index contributed by atoms with van der Waals surface area (Å²) in [4.78, 5) is 40.1. The number of piperidine rings is 1. The average Bonchev–Trinajstić information content (AvgIpc) is 2.64. The van der Waals surface area contributed by atoms with Gasteiger partial charge in [-0.25, -0.2) is 9.59 Å². The van der Waals surface area contributed by atoms with Crippen LogP contribution in [0, 0.1) is 10.1 Å². The number of carbonyl (C=O) groups is 2. The van der Waals surface area contributed by atoms with Crippen molar-refractivity contribution in [3.63, 3.8) is 0 Å². The SMILES string of the molecule is CN1CCCN(C2CCCN(C(=O)Oc3ccc([N+](=O)[O-])cc3)C2)C1=O. The Morgan fingerprint density at radius 2 is 1.92 bits per heavy atom. The molecular weight excluding hydrogens is 340 g/mol. The fourth-order valence-corrected chi connectivity index (χ4v) is 3.40. The second-order valence-corrected chi connectivity index (χ2v) is 6.61. The van der Waals surface area contributed by atoms with Crippen molar-refractivity contribution in [3.05, 3.63) is 34.4 Å². The second kappa shape index (κ2) is 7.59. The maximum Gasteiger partial charge on any atom is 0.415 e. The zero-order valence-corrected chi connectivity index (χ0v) is 14.7. The molecule has 9 heteroatoms. The summed E-state index contributed by atoms with van der Waals surface area (Å²) in [6, 6.07) is 5.39. The Morgan fingerprint density at radius 3 is 2.62 bits per heavy atom. The molecule has 0 N–H and O–H groups in total. The first-order chi connectivity index (χ1) is 12.5. The molecule has 0 aliphatic carbocycles. The molecule has 9 nitrogen and oxygen atoms in total. The highest BCUT2D eigenvalue weighted by Crippen LogP contribution is 2.22. The highest BCUT2D eigenvalue weighted by molar-refractivity contribution is 5.75. The van der Waals surface area contributed by atoms with Crippen molar-refractivity contribution in [2.24, 2.45) is 0 Å². The van der Waals surface area contributed by atoms with Gasteiger partial charge in [-0.05, 0) is 31.4 Å². The molecule has 0 aromatic heterocycles. The lowest BCUT2D eigenvalue weighted by atomic mass is 10.0. The third-order valence-electron chi connectivity index (χ3n) is 4.81. The Bertz CT molecular complexity index is 693. The first kappa shape index (κ1) is 18.0. The second-order valence-electron chi connectivity index (χ2n) is 6.61. The number of rotatable bonds is 3. The van der Waals surface area contributed by atoms with Gasteiger partial charge in [-0.3, -0.25) is 10.1 Å². The summed E-state index contributed by atoms with van der Waals surface area (Å²) < 4.78 is 5.32. The van der Waals surface area contributed by atoms with E-state index < -0.39 is 11.0 Å². The number of non-ortho nitro benzene ring substituents is 1. The first-order valence-corrected chi connectivity index (χ1v) is 8.68. The van der Waals surface area contributed by atoms with E-state index in [4.69, 9.17) is 4.74 Å². The maximum absolute atomic E-state index is 12.4. The van der Waals surface area contributed by atoms with Crippen LogP contribution in [0.25, 0.3) is 0 Å². The van der Waals surface area contributed by atoms with Gasteiger partial charge in [0.1, 0.15) is 5.75 Å². The number of nitrogens with zero attached hydrogens (tertiary/aromatic N) is 4. The molecule has 1 aromatic rings. The first-order valence-electron chi connectivity index (χ1n) is 8.68. The van der Waals surface area contributed by atoms with Crippen LogP contribution in [0.4, 0.5) is 15.3 Å². The maximum atomic E-state index is 12.4. The molecule has 2 aliphatic rings. The highest BCUT2D eigenvalue weighted by Gasteiger charge is 2.34. The third kappa shape index (κ3) is 3.87. The molecular formula is C17H22N4O5. The summed E-state index contributed by atoms with van der Waals surface area (Å²) in [5.74, 6) is 0.261. The predicted octanol–water partition coefficient (Wildman–Crippen LogP) is 2.32. The van der Waals surface area contributed by atoms with Gasteiger partial charge in [0.15, 0.2) is 0 Å². The van der Waals surface area contributed by atoms with Gasteiger partial charge in [0.25, 0.3) is 5.69 Å². The minimum absolute atomic E-state index is 0.00633. The number of benzene rings is 1. The van der Waals surface area contributed by atoms with Gasteiger partial charge in [0.2, 0.25) is 0 Å². The van der Waals surface area contributed by atoms with Crippen LogP contribution in [0.5, 0.6) is 5.75 Å². The molecule has 2 saturated heterocycles. The molecule has 0 bridgehead atoms. The number of ether oxygens (including phenoxy) is 1. The minimum Gasteiger partial charge on any atom is -0.410 e. The van der Waals surface area contributed by atoms with Crippen molar-refractivity contribution in [2.45, 2.75) is 25.3 Å². The molecule has 0 saturated carbocycles. The lowest BCUT2D eigenvalue weighted by Gasteiger charge is -2.42. The number of amides is 3. The van der Waals surface area contributed by atoms with E-state index in [0.29, 0.717) is 19.6 Å². The summed E-state index contributed by atoms with van der Waals surface area (Å²) in [7, 11) is 1.79. The molecule has 3 rings (SSSR count). The van der Waals surface area contributed by atoms with Gasteiger partial charge >= 0.3 is 12.1 Å². The van der Waals surface area contributed by atoms with Gasteiger partial charge in [-0.15, -0.1) is 0 Å². The van der Waals surface area contributed by atoms with Gasteiger partial charge < -0.3 is 19.4 Å². The van der Waals surface area contributed by atoms with Gasteiger partial charge in [-0.1, -0.05) is 0 Å². The van der Waals surface area contributed by atoms with E-state index in [1.165, 1.54) is 24.3 Å². The number of nitro benzene ring substituents is 1. The van der Waals surface area contributed by atoms with Crippen molar-refractivity contribution in [2.75, 3.05) is 33.2 Å². The van der Waals surface area contributed by atoms with Crippen molar-refractivity contribution >= 4 is 17.8 Å². The standard InChI is InChI=1S/C17H22N4O5/c1-18-9-3-11-20(16(18)22)14-4-2-10-19(12-14)17(23)26-15-7-5-13(6-8-15)21(24)25/h5-8,14H,2-4,9-12H2,1H3. The Kier molecular flexibility index (Phi) is 5.24.